The molecule has 0 N–H and O–H groups in total. The van der Waals surface area contributed by atoms with Crippen LogP contribution in [0.4, 0.5) is 5.69 Å². The SMILES string of the molecule is COc1ccccc1C1=N/C(=C/c2cccc(Br)c2)C(=O)N1c1ccccc1. The van der Waals surface area contributed by atoms with Gasteiger partial charge in [0.2, 0.25) is 0 Å². The van der Waals surface area contributed by atoms with Crippen LogP contribution in [0.3, 0.4) is 0 Å². The predicted molar refractivity (Wildman–Crippen MR) is 116 cm³/mol. The summed E-state index contributed by atoms with van der Waals surface area (Å²) in [5.41, 5.74) is 2.80. The number of aliphatic imine (C=N–C) groups is 1. The van der Waals surface area contributed by atoms with Gasteiger partial charge in [-0.3, -0.25) is 9.69 Å². The lowest BCUT2D eigenvalue weighted by atomic mass is 10.1. The van der Waals surface area contributed by atoms with Crippen LogP contribution in [-0.4, -0.2) is 18.9 Å². The van der Waals surface area contributed by atoms with E-state index in [2.05, 4.69) is 20.9 Å². The van der Waals surface area contributed by atoms with Gasteiger partial charge in [-0.2, -0.15) is 0 Å². The second kappa shape index (κ2) is 7.82. The van der Waals surface area contributed by atoms with Crippen LogP contribution in [0.15, 0.2) is 94.0 Å². The summed E-state index contributed by atoms with van der Waals surface area (Å²) in [5.74, 6) is 1.04. The lowest BCUT2D eigenvalue weighted by Crippen LogP contribution is -2.32. The highest BCUT2D eigenvalue weighted by Gasteiger charge is 2.33. The first-order valence-electron chi connectivity index (χ1n) is 8.76. The summed E-state index contributed by atoms with van der Waals surface area (Å²) in [6.45, 7) is 0. The van der Waals surface area contributed by atoms with E-state index in [4.69, 9.17) is 4.74 Å². The molecule has 0 aliphatic carbocycles. The number of nitrogens with zero attached hydrogens (tertiary/aromatic N) is 2. The highest BCUT2D eigenvalue weighted by molar-refractivity contribution is 9.10. The summed E-state index contributed by atoms with van der Waals surface area (Å²) in [6.07, 6.45) is 1.80. The summed E-state index contributed by atoms with van der Waals surface area (Å²) in [7, 11) is 1.61. The molecule has 0 saturated carbocycles. The molecule has 0 saturated heterocycles. The second-order valence-electron chi connectivity index (χ2n) is 6.20. The first-order valence-corrected chi connectivity index (χ1v) is 9.55. The quantitative estimate of drug-likeness (QED) is 0.525. The first-order chi connectivity index (χ1) is 13.7. The maximum Gasteiger partial charge on any atom is 0.282 e. The van der Waals surface area contributed by atoms with Crippen molar-refractivity contribution in [3.8, 4) is 5.75 Å². The third-order valence-corrected chi connectivity index (χ3v) is 4.87. The number of halogens is 1. The van der Waals surface area contributed by atoms with Gasteiger partial charge >= 0.3 is 0 Å². The van der Waals surface area contributed by atoms with Crippen molar-refractivity contribution in [2.75, 3.05) is 12.0 Å². The molecule has 0 unspecified atom stereocenters. The fraction of sp³-hybridized carbons (Fsp3) is 0.0435. The fourth-order valence-electron chi connectivity index (χ4n) is 3.10. The average molecular weight is 433 g/mol. The van der Waals surface area contributed by atoms with Gasteiger partial charge in [-0.1, -0.05) is 58.4 Å². The van der Waals surface area contributed by atoms with Crippen molar-refractivity contribution >= 4 is 39.4 Å². The molecular formula is C23H17BrN2O2. The minimum Gasteiger partial charge on any atom is -0.496 e. The number of anilines is 1. The Morgan fingerprint density at radius 2 is 1.71 bits per heavy atom. The van der Waals surface area contributed by atoms with Crippen molar-refractivity contribution in [1.29, 1.82) is 0 Å². The Hall–Kier alpha value is -3.18. The molecule has 1 aliphatic rings. The van der Waals surface area contributed by atoms with Crippen LogP contribution in [0, 0.1) is 0 Å². The molecule has 3 aromatic carbocycles. The zero-order valence-electron chi connectivity index (χ0n) is 15.2. The van der Waals surface area contributed by atoms with Gasteiger partial charge in [0.05, 0.1) is 18.4 Å². The molecule has 3 aromatic rings. The number of amidine groups is 1. The summed E-state index contributed by atoms with van der Waals surface area (Å²) in [4.78, 5) is 19.6. The molecule has 0 radical (unpaired) electrons. The number of carbonyl (C=O) groups is 1. The van der Waals surface area contributed by atoms with E-state index in [1.807, 2.05) is 78.9 Å². The van der Waals surface area contributed by atoms with E-state index >= 15 is 0 Å². The number of carbonyl (C=O) groups excluding carboxylic acids is 1. The van der Waals surface area contributed by atoms with Gasteiger partial charge in [0.25, 0.3) is 5.91 Å². The molecule has 5 heteroatoms. The van der Waals surface area contributed by atoms with E-state index in [-0.39, 0.29) is 5.91 Å². The minimum absolute atomic E-state index is 0.174. The topological polar surface area (TPSA) is 41.9 Å². The lowest BCUT2D eigenvalue weighted by molar-refractivity contribution is -0.113. The predicted octanol–water partition coefficient (Wildman–Crippen LogP) is 5.29. The molecule has 1 amide bonds. The molecule has 0 fully saturated rings. The van der Waals surface area contributed by atoms with Gasteiger partial charge in [-0.05, 0) is 48.0 Å². The largest absolute Gasteiger partial charge is 0.496 e. The molecule has 0 aromatic heterocycles. The number of ether oxygens (including phenoxy) is 1. The van der Waals surface area contributed by atoms with E-state index in [1.54, 1.807) is 18.1 Å². The van der Waals surface area contributed by atoms with Crippen molar-refractivity contribution in [3.63, 3.8) is 0 Å². The molecule has 138 valence electrons. The van der Waals surface area contributed by atoms with Gasteiger partial charge in [0.15, 0.2) is 5.84 Å². The van der Waals surface area contributed by atoms with Crippen LogP contribution in [0.1, 0.15) is 11.1 Å². The number of para-hydroxylation sites is 2. The number of hydrogen-bond donors (Lipinski definition) is 0. The number of benzene rings is 3. The van der Waals surface area contributed by atoms with E-state index < -0.39 is 0 Å². The zero-order valence-corrected chi connectivity index (χ0v) is 16.8. The van der Waals surface area contributed by atoms with Crippen molar-refractivity contribution in [3.05, 3.63) is 100 Å². The van der Waals surface area contributed by atoms with Gasteiger partial charge < -0.3 is 4.74 Å². The standard InChI is InChI=1S/C23H17BrN2O2/c1-28-21-13-6-5-12-19(21)22-25-20(15-16-8-7-9-17(24)14-16)23(27)26(22)18-10-3-2-4-11-18/h2-15H,1H3/b20-15+. The molecule has 4 rings (SSSR count). The summed E-state index contributed by atoms with van der Waals surface area (Å²) >= 11 is 3.47. The van der Waals surface area contributed by atoms with Crippen LogP contribution in [0.25, 0.3) is 6.08 Å². The maximum absolute atomic E-state index is 13.3. The molecule has 4 nitrogen and oxygen atoms in total. The highest BCUT2D eigenvalue weighted by atomic mass is 79.9. The third kappa shape index (κ3) is 3.49. The Balaban J connectivity index is 1.86. The van der Waals surface area contributed by atoms with E-state index in [0.717, 1.165) is 21.3 Å². The second-order valence-corrected chi connectivity index (χ2v) is 7.11. The molecule has 1 heterocycles. The van der Waals surface area contributed by atoms with E-state index in [9.17, 15) is 4.79 Å². The molecule has 0 spiro atoms. The first kappa shape index (κ1) is 18.2. The monoisotopic (exact) mass is 432 g/mol. The number of rotatable bonds is 4. The Labute approximate surface area is 171 Å². The smallest absolute Gasteiger partial charge is 0.282 e. The van der Waals surface area contributed by atoms with Gasteiger partial charge in [-0.25, -0.2) is 4.99 Å². The maximum atomic E-state index is 13.3. The summed E-state index contributed by atoms with van der Waals surface area (Å²) < 4.78 is 6.45. The summed E-state index contributed by atoms with van der Waals surface area (Å²) in [5, 5.41) is 0. The van der Waals surface area contributed by atoms with Crippen LogP contribution >= 0.6 is 15.9 Å². The third-order valence-electron chi connectivity index (χ3n) is 4.37. The number of hydrogen-bond acceptors (Lipinski definition) is 3. The van der Waals surface area contributed by atoms with Gasteiger partial charge in [0, 0.05) is 4.47 Å². The van der Waals surface area contributed by atoms with Crippen LogP contribution in [0.2, 0.25) is 0 Å². The van der Waals surface area contributed by atoms with Crippen molar-refractivity contribution in [2.45, 2.75) is 0 Å². The van der Waals surface area contributed by atoms with Crippen LogP contribution < -0.4 is 9.64 Å². The van der Waals surface area contributed by atoms with Crippen LogP contribution in [-0.2, 0) is 4.79 Å². The minimum atomic E-state index is -0.174. The molecular weight excluding hydrogens is 416 g/mol. The molecule has 0 atom stereocenters. The molecule has 1 aliphatic heterocycles. The van der Waals surface area contributed by atoms with Crippen molar-refractivity contribution in [1.82, 2.24) is 0 Å². The Morgan fingerprint density at radius 3 is 2.46 bits per heavy atom. The van der Waals surface area contributed by atoms with E-state index in [0.29, 0.717) is 17.3 Å². The Morgan fingerprint density at radius 1 is 0.964 bits per heavy atom. The zero-order chi connectivity index (χ0) is 19.5. The number of methoxy groups -OCH3 is 1. The fourth-order valence-corrected chi connectivity index (χ4v) is 3.51. The van der Waals surface area contributed by atoms with E-state index in [1.165, 1.54) is 0 Å². The van der Waals surface area contributed by atoms with Crippen molar-refractivity contribution < 1.29 is 9.53 Å². The lowest BCUT2D eigenvalue weighted by Gasteiger charge is -2.19. The van der Waals surface area contributed by atoms with Crippen molar-refractivity contribution in [2.24, 2.45) is 4.99 Å². The Bertz CT molecular complexity index is 1090. The average Bonchev–Trinajstić information content (AvgIpc) is 3.04. The Kier molecular flexibility index (Phi) is 5.08. The van der Waals surface area contributed by atoms with Gasteiger partial charge in [-0.15, -0.1) is 0 Å². The highest BCUT2D eigenvalue weighted by Crippen LogP contribution is 2.31. The molecule has 0 bridgehead atoms. The normalized spacial score (nSPS) is 15.1. The number of amides is 1. The molecule has 28 heavy (non-hydrogen) atoms. The van der Waals surface area contributed by atoms with Gasteiger partial charge in [0.1, 0.15) is 11.4 Å². The van der Waals surface area contributed by atoms with Crippen LogP contribution in [0.5, 0.6) is 5.75 Å². The summed E-state index contributed by atoms with van der Waals surface area (Å²) in [6, 6.07) is 24.8.